The van der Waals surface area contributed by atoms with Gasteiger partial charge in [0, 0.05) is 44.0 Å². The summed E-state index contributed by atoms with van der Waals surface area (Å²) in [4.78, 5) is 25.2. The zero-order chi connectivity index (χ0) is 17.8. The molecule has 0 unspecified atom stereocenters. The van der Waals surface area contributed by atoms with E-state index in [0.717, 1.165) is 11.3 Å². The van der Waals surface area contributed by atoms with Crippen molar-refractivity contribution in [2.75, 3.05) is 37.7 Å². The van der Waals surface area contributed by atoms with Crippen LogP contribution in [0.1, 0.15) is 23.9 Å². The predicted octanol–water partition coefficient (Wildman–Crippen LogP) is 1.37. The molecule has 0 bridgehead atoms. The van der Waals surface area contributed by atoms with Crippen LogP contribution in [0.3, 0.4) is 0 Å². The van der Waals surface area contributed by atoms with Gasteiger partial charge in [0.2, 0.25) is 17.7 Å². The highest BCUT2D eigenvalue weighted by Crippen LogP contribution is 2.17. The zero-order valence-electron chi connectivity index (χ0n) is 14.9. The molecule has 0 aromatic carbocycles. The number of carbonyl (C=O) groups excluding carboxylic acids is 1. The van der Waals surface area contributed by atoms with Gasteiger partial charge in [0.1, 0.15) is 5.76 Å². The molecule has 1 amide bonds. The maximum Gasteiger partial charge on any atom is 0.228 e. The van der Waals surface area contributed by atoms with Crippen LogP contribution in [0.15, 0.2) is 16.8 Å². The van der Waals surface area contributed by atoms with Crippen LogP contribution in [0.2, 0.25) is 0 Å². The van der Waals surface area contributed by atoms with Crippen molar-refractivity contribution in [1.29, 1.82) is 0 Å². The van der Waals surface area contributed by atoms with Crippen molar-refractivity contribution in [3.8, 4) is 5.88 Å². The number of carbonyl (C=O) groups is 1. The molecule has 2 aromatic heterocycles. The van der Waals surface area contributed by atoms with Crippen LogP contribution in [0, 0.1) is 13.8 Å². The van der Waals surface area contributed by atoms with Gasteiger partial charge in [-0.1, -0.05) is 5.16 Å². The summed E-state index contributed by atoms with van der Waals surface area (Å²) in [6, 6.07) is 1.75. The topological polar surface area (TPSA) is 84.6 Å². The first kappa shape index (κ1) is 17.2. The molecular formula is C17H23N5O3. The van der Waals surface area contributed by atoms with E-state index in [1.165, 1.54) is 0 Å². The quantitative estimate of drug-likeness (QED) is 0.809. The fourth-order valence-electron chi connectivity index (χ4n) is 2.89. The van der Waals surface area contributed by atoms with Crippen molar-refractivity contribution in [2.24, 2.45) is 0 Å². The maximum absolute atomic E-state index is 12.5. The number of rotatable bonds is 5. The summed E-state index contributed by atoms with van der Waals surface area (Å²) in [6.45, 7) is 8.87. The number of piperazine rings is 1. The summed E-state index contributed by atoms with van der Waals surface area (Å²) in [5.41, 5.74) is 1.67. The standard InChI is InChI=1S/C17H23N5O3/c1-4-24-15-5-6-18-17(19-15)22-9-7-21(8-10-22)16(23)11-14-12(2)20-25-13(14)3/h5-6H,4,7-11H2,1-3H3. The molecule has 0 aliphatic carbocycles. The molecule has 0 spiro atoms. The molecule has 0 radical (unpaired) electrons. The number of amides is 1. The number of ether oxygens (including phenoxy) is 1. The summed E-state index contributed by atoms with van der Waals surface area (Å²) >= 11 is 0. The van der Waals surface area contributed by atoms with Gasteiger partial charge in [-0.25, -0.2) is 4.98 Å². The third-order valence-electron chi connectivity index (χ3n) is 4.33. The Morgan fingerprint density at radius 2 is 2.04 bits per heavy atom. The van der Waals surface area contributed by atoms with Crippen LogP contribution in [-0.2, 0) is 11.2 Å². The number of anilines is 1. The Kier molecular flexibility index (Phi) is 5.16. The number of hydrogen-bond donors (Lipinski definition) is 0. The van der Waals surface area contributed by atoms with E-state index in [9.17, 15) is 4.79 Å². The number of aryl methyl sites for hydroxylation is 2. The van der Waals surface area contributed by atoms with Gasteiger partial charge in [0.25, 0.3) is 0 Å². The Morgan fingerprint density at radius 3 is 2.68 bits per heavy atom. The van der Waals surface area contributed by atoms with Crippen LogP contribution in [0.4, 0.5) is 5.95 Å². The number of aromatic nitrogens is 3. The lowest BCUT2D eigenvalue weighted by molar-refractivity contribution is -0.130. The molecule has 1 saturated heterocycles. The second kappa shape index (κ2) is 7.50. The highest BCUT2D eigenvalue weighted by Gasteiger charge is 2.24. The van der Waals surface area contributed by atoms with Gasteiger partial charge in [0.15, 0.2) is 0 Å². The Labute approximate surface area is 146 Å². The van der Waals surface area contributed by atoms with Crippen molar-refractivity contribution in [3.05, 3.63) is 29.3 Å². The van der Waals surface area contributed by atoms with E-state index in [1.54, 1.807) is 12.3 Å². The van der Waals surface area contributed by atoms with E-state index in [2.05, 4.69) is 20.0 Å². The number of nitrogens with zero attached hydrogens (tertiary/aromatic N) is 5. The van der Waals surface area contributed by atoms with Gasteiger partial charge >= 0.3 is 0 Å². The van der Waals surface area contributed by atoms with Gasteiger partial charge in [-0.05, 0) is 20.8 Å². The maximum atomic E-state index is 12.5. The van der Waals surface area contributed by atoms with Crippen molar-refractivity contribution >= 4 is 11.9 Å². The van der Waals surface area contributed by atoms with Gasteiger partial charge in [-0.15, -0.1) is 0 Å². The molecule has 1 fully saturated rings. The van der Waals surface area contributed by atoms with E-state index in [1.807, 2.05) is 25.7 Å². The zero-order valence-corrected chi connectivity index (χ0v) is 14.9. The summed E-state index contributed by atoms with van der Waals surface area (Å²) in [5.74, 6) is 2.02. The first-order valence-corrected chi connectivity index (χ1v) is 8.48. The van der Waals surface area contributed by atoms with Gasteiger partial charge < -0.3 is 19.1 Å². The Morgan fingerprint density at radius 1 is 1.28 bits per heavy atom. The Hall–Kier alpha value is -2.64. The molecule has 1 aliphatic rings. The SMILES string of the molecule is CCOc1ccnc(N2CCN(C(=O)Cc3c(C)noc3C)CC2)n1. The minimum Gasteiger partial charge on any atom is -0.478 e. The van der Waals surface area contributed by atoms with Crippen LogP contribution in [-0.4, -0.2) is 58.7 Å². The molecule has 8 heteroatoms. The Bertz CT molecular complexity index is 718. The van der Waals surface area contributed by atoms with E-state index in [-0.39, 0.29) is 5.91 Å². The summed E-state index contributed by atoms with van der Waals surface area (Å²) in [6.07, 6.45) is 2.03. The van der Waals surface area contributed by atoms with E-state index < -0.39 is 0 Å². The second-order valence-corrected chi connectivity index (χ2v) is 5.98. The molecule has 8 nitrogen and oxygen atoms in total. The molecular weight excluding hydrogens is 322 g/mol. The van der Waals surface area contributed by atoms with Gasteiger partial charge in [0.05, 0.1) is 18.7 Å². The summed E-state index contributed by atoms with van der Waals surface area (Å²) in [7, 11) is 0. The van der Waals surface area contributed by atoms with E-state index in [0.29, 0.717) is 56.8 Å². The predicted molar refractivity (Wildman–Crippen MR) is 91.7 cm³/mol. The number of hydrogen-bond acceptors (Lipinski definition) is 7. The van der Waals surface area contributed by atoms with Gasteiger partial charge in [-0.3, -0.25) is 4.79 Å². The summed E-state index contributed by atoms with van der Waals surface area (Å²) in [5, 5.41) is 3.91. The summed E-state index contributed by atoms with van der Waals surface area (Å²) < 4.78 is 10.6. The first-order chi connectivity index (χ1) is 12.1. The molecule has 134 valence electrons. The lowest BCUT2D eigenvalue weighted by Crippen LogP contribution is -2.49. The van der Waals surface area contributed by atoms with Crippen LogP contribution < -0.4 is 9.64 Å². The van der Waals surface area contributed by atoms with Crippen molar-refractivity contribution < 1.29 is 14.1 Å². The fraction of sp³-hybridized carbons (Fsp3) is 0.529. The lowest BCUT2D eigenvalue weighted by atomic mass is 10.1. The van der Waals surface area contributed by atoms with Gasteiger partial charge in [-0.2, -0.15) is 4.98 Å². The lowest BCUT2D eigenvalue weighted by Gasteiger charge is -2.34. The molecule has 0 saturated carbocycles. The second-order valence-electron chi connectivity index (χ2n) is 5.98. The van der Waals surface area contributed by atoms with E-state index in [4.69, 9.17) is 9.26 Å². The monoisotopic (exact) mass is 345 g/mol. The minimum absolute atomic E-state index is 0.0954. The van der Waals surface area contributed by atoms with Crippen LogP contribution >= 0.6 is 0 Å². The van der Waals surface area contributed by atoms with Crippen molar-refractivity contribution in [3.63, 3.8) is 0 Å². The van der Waals surface area contributed by atoms with Crippen molar-refractivity contribution in [1.82, 2.24) is 20.0 Å². The average Bonchev–Trinajstić information content (AvgIpc) is 2.94. The van der Waals surface area contributed by atoms with Crippen LogP contribution in [0.25, 0.3) is 0 Å². The normalized spacial score (nSPS) is 14.7. The molecule has 25 heavy (non-hydrogen) atoms. The van der Waals surface area contributed by atoms with Crippen molar-refractivity contribution in [2.45, 2.75) is 27.2 Å². The largest absolute Gasteiger partial charge is 0.478 e. The molecule has 0 N–H and O–H groups in total. The molecule has 3 heterocycles. The minimum atomic E-state index is 0.0954. The highest BCUT2D eigenvalue weighted by atomic mass is 16.5. The Balaban J connectivity index is 1.58. The highest BCUT2D eigenvalue weighted by molar-refractivity contribution is 5.79. The fourth-order valence-corrected chi connectivity index (χ4v) is 2.89. The molecule has 0 atom stereocenters. The van der Waals surface area contributed by atoms with E-state index >= 15 is 0 Å². The third kappa shape index (κ3) is 3.89. The molecule has 3 rings (SSSR count). The van der Waals surface area contributed by atoms with Crippen LogP contribution in [0.5, 0.6) is 5.88 Å². The molecule has 1 aliphatic heterocycles. The smallest absolute Gasteiger partial charge is 0.228 e. The third-order valence-corrected chi connectivity index (χ3v) is 4.33. The average molecular weight is 345 g/mol. The first-order valence-electron chi connectivity index (χ1n) is 8.48. The molecule has 2 aromatic rings.